The highest BCUT2D eigenvalue weighted by atomic mass is 35.5. The molecule has 0 aliphatic carbocycles. The summed E-state index contributed by atoms with van der Waals surface area (Å²) in [4.78, 5) is 2.26. The van der Waals surface area contributed by atoms with Gasteiger partial charge in [-0.25, -0.2) is 0 Å². The number of hydrogen-bond donors (Lipinski definition) is 2. The van der Waals surface area contributed by atoms with Crippen molar-refractivity contribution in [2.24, 2.45) is 0 Å². The monoisotopic (exact) mass is 393 g/mol. The first-order valence-corrected chi connectivity index (χ1v) is 10.0. The molecule has 3 aromatic carbocycles. The van der Waals surface area contributed by atoms with E-state index in [9.17, 15) is 10.2 Å². The van der Waals surface area contributed by atoms with E-state index in [0.29, 0.717) is 11.6 Å². The van der Waals surface area contributed by atoms with Crippen LogP contribution in [-0.4, -0.2) is 27.7 Å². The molecule has 4 heteroatoms. The molecule has 0 saturated carbocycles. The van der Waals surface area contributed by atoms with Crippen LogP contribution in [0.4, 0.5) is 0 Å². The van der Waals surface area contributed by atoms with Gasteiger partial charge in [-0.3, -0.25) is 4.90 Å². The molecular weight excluding hydrogens is 370 g/mol. The van der Waals surface area contributed by atoms with Crippen LogP contribution in [0.5, 0.6) is 5.75 Å². The number of phenolic OH excluding ortho intramolecular Hbond substituents is 1. The topological polar surface area (TPSA) is 43.7 Å². The standard InChI is InChI=1S/C24H24ClNO2/c25-21-14-7-9-18(23(21)27)17-26-16-8-15-22(26)24(28,19-10-3-1-4-11-19)20-12-5-2-6-13-20/h1-7,9-14,22,27-28H,8,15-17H2/t22-/m0/s1. The van der Waals surface area contributed by atoms with Crippen molar-refractivity contribution in [3.05, 3.63) is 101 Å². The van der Waals surface area contributed by atoms with E-state index in [4.69, 9.17) is 11.6 Å². The van der Waals surface area contributed by atoms with Gasteiger partial charge in [0.05, 0.1) is 5.02 Å². The molecule has 1 aliphatic rings. The quantitative estimate of drug-likeness (QED) is 0.644. The Kier molecular flexibility index (Phi) is 5.40. The molecule has 0 bridgehead atoms. The third-order valence-electron chi connectivity index (χ3n) is 5.72. The fourth-order valence-corrected chi connectivity index (χ4v) is 4.52. The lowest BCUT2D eigenvalue weighted by molar-refractivity contribution is -0.00672. The minimum absolute atomic E-state index is 0.101. The number of halogens is 1. The molecule has 1 fully saturated rings. The van der Waals surface area contributed by atoms with Crippen molar-refractivity contribution in [2.45, 2.75) is 31.0 Å². The van der Waals surface area contributed by atoms with E-state index in [2.05, 4.69) is 4.90 Å². The second-order valence-corrected chi connectivity index (χ2v) is 7.78. The smallest absolute Gasteiger partial charge is 0.138 e. The van der Waals surface area contributed by atoms with Crippen LogP contribution >= 0.6 is 11.6 Å². The van der Waals surface area contributed by atoms with E-state index < -0.39 is 5.60 Å². The number of nitrogens with zero attached hydrogens (tertiary/aromatic N) is 1. The molecule has 1 heterocycles. The van der Waals surface area contributed by atoms with Crippen LogP contribution in [0.25, 0.3) is 0 Å². The Balaban J connectivity index is 1.74. The highest BCUT2D eigenvalue weighted by Gasteiger charge is 2.45. The van der Waals surface area contributed by atoms with Crippen molar-refractivity contribution in [3.8, 4) is 5.75 Å². The highest BCUT2D eigenvalue weighted by molar-refractivity contribution is 6.32. The van der Waals surface area contributed by atoms with Gasteiger partial charge in [0, 0.05) is 18.2 Å². The number of benzene rings is 3. The molecule has 144 valence electrons. The maximum Gasteiger partial charge on any atom is 0.138 e. The van der Waals surface area contributed by atoms with Crippen molar-refractivity contribution in [2.75, 3.05) is 6.54 Å². The fraction of sp³-hybridized carbons (Fsp3) is 0.250. The summed E-state index contributed by atoms with van der Waals surface area (Å²) < 4.78 is 0. The lowest BCUT2D eigenvalue weighted by Crippen LogP contribution is -2.48. The lowest BCUT2D eigenvalue weighted by Gasteiger charge is -2.40. The summed E-state index contributed by atoms with van der Waals surface area (Å²) in [5.41, 5.74) is 1.41. The molecule has 0 unspecified atom stereocenters. The highest BCUT2D eigenvalue weighted by Crippen LogP contribution is 2.41. The summed E-state index contributed by atoms with van der Waals surface area (Å²) in [5, 5.41) is 22.8. The maximum atomic E-state index is 12.1. The van der Waals surface area contributed by atoms with E-state index in [1.54, 1.807) is 6.07 Å². The predicted molar refractivity (Wildman–Crippen MR) is 112 cm³/mol. The Morgan fingerprint density at radius 1 is 0.893 bits per heavy atom. The number of likely N-dealkylation sites (tertiary alicyclic amines) is 1. The van der Waals surface area contributed by atoms with Gasteiger partial charge in [0.25, 0.3) is 0 Å². The SMILES string of the molecule is Oc1c(Cl)cccc1CN1CCC[C@H]1C(O)(c1ccccc1)c1ccccc1. The molecule has 0 radical (unpaired) electrons. The average Bonchev–Trinajstić information content (AvgIpc) is 3.21. The fourth-order valence-electron chi connectivity index (χ4n) is 4.33. The summed E-state index contributed by atoms with van der Waals surface area (Å²) in [6.07, 6.45) is 1.87. The van der Waals surface area contributed by atoms with Crippen LogP contribution in [0, 0.1) is 0 Å². The van der Waals surface area contributed by atoms with Crippen LogP contribution in [0.15, 0.2) is 78.9 Å². The predicted octanol–water partition coefficient (Wildman–Crippen LogP) is 4.95. The first kappa shape index (κ1) is 19.0. The third kappa shape index (κ3) is 3.42. The van der Waals surface area contributed by atoms with E-state index in [1.807, 2.05) is 72.8 Å². The molecule has 0 amide bonds. The minimum atomic E-state index is -1.13. The first-order valence-electron chi connectivity index (χ1n) is 9.64. The molecule has 1 aliphatic heterocycles. The van der Waals surface area contributed by atoms with E-state index in [1.165, 1.54) is 0 Å². The van der Waals surface area contributed by atoms with Crippen molar-refractivity contribution in [3.63, 3.8) is 0 Å². The van der Waals surface area contributed by atoms with Crippen LogP contribution in [0.2, 0.25) is 5.02 Å². The second-order valence-electron chi connectivity index (χ2n) is 7.37. The summed E-state index contributed by atoms with van der Waals surface area (Å²) in [6.45, 7) is 1.40. The molecule has 3 nitrogen and oxygen atoms in total. The molecular formula is C24H24ClNO2. The zero-order valence-corrected chi connectivity index (χ0v) is 16.4. The summed E-state index contributed by atoms with van der Waals surface area (Å²) in [7, 11) is 0. The molecule has 1 atom stereocenters. The van der Waals surface area contributed by atoms with Crippen LogP contribution in [0.3, 0.4) is 0 Å². The number of para-hydroxylation sites is 1. The van der Waals surface area contributed by atoms with Gasteiger partial charge >= 0.3 is 0 Å². The van der Waals surface area contributed by atoms with Gasteiger partial charge in [-0.05, 0) is 36.6 Å². The summed E-state index contributed by atoms with van der Waals surface area (Å²) >= 11 is 6.10. The zero-order chi connectivity index (χ0) is 19.6. The number of aliphatic hydroxyl groups is 1. The molecule has 2 N–H and O–H groups in total. The largest absolute Gasteiger partial charge is 0.506 e. The molecule has 3 aromatic rings. The van der Waals surface area contributed by atoms with Crippen molar-refractivity contribution >= 4 is 11.6 Å². The number of phenols is 1. The van der Waals surface area contributed by atoms with Gasteiger partial charge in [0.1, 0.15) is 11.4 Å². The normalized spacial score (nSPS) is 17.7. The molecule has 0 aromatic heterocycles. The van der Waals surface area contributed by atoms with Gasteiger partial charge < -0.3 is 10.2 Å². The van der Waals surface area contributed by atoms with Crippen LogP contribution in [0.1, 0.15) is 29.5 Å². The Morgan fingerprint density at radius 2 is 1.50 bits per heavy atom. The third-order valence-corrected chi connectivity index (χ3v) is 6.02. The molecule has 4 rings (SSSR count). The Bertz CT molecular complexity index is 890. The van der Waals surface area contributed by atoms with Gasteiger partial charge in [-0.2, -0.15) is 0 Å². The van der Waals surface area contributed by atoms with Gasteiger partial charge in [0.15, 0.2) is 0 Å². The van der Waals surface area contributed by atoms with Crippen molar-refractivity contribution in [1.82, 2.24) is 4.90 Å². The second kappa shape index (κ2) is 7.96. The molecule has 1 saturated heterocycles. The zero-order valence-electron chi connectivity index (χ0n) is 15.6. The Hall–Kier alpha value is -2.33. The Morgan fingerprint density at radius 3 is 2.11 bits per heavy atom. The average molecular weight is 394 g/mol. The molecule has 0 spiro atoms. The van der Waals surface area contributed by atoms with E-state index >= 15 is 0 Å². The number of aromatic hydroxyl groups is 1. The lowest BCUT2D eigenvalue weighted by atomic mass is 9.79. The van der Waals surface area contributed by atoms with Gasteiger partial charge in [0.2, 0.25) is 0 Å². The van der Waals surface area contributed by atoms with Crippen molar-refractivity contribution in [1.29, 1.82) is 0 Å². The maximum absolute atomic E-state index is 12.1. The number of hydrogen-bond acceptors (Lipinski definition) is 3. The van der Waals surface area contributed by atoms with E-state index in [0.717, 1.165) is 36.1 Å². The summed E-state index contributed by atoms with van der Waals surface area (Å²) in [5.74, 6) is 0.123. The number of rotatable bonds is 5. The van der Waals surface area contributed by atoms with Crippen LogP contribution in [-0.2, 0) is 12.1 Å². The van der Waals surface area contributed by atoms with Gasteiger partial charge in [-0.15, -0.1) is 0 Å². The first-order chi connectivity index (χ1) is 13.6. The minimum Gasteiger partial charge on any atom is -0.506 e. The Labute approximate surface area is 170 Å². The van der Waals surface area contributed by atoms with Crippen LogP contribution < -0.4 is 0 Å². The van der Waals surface area contributed by atoms with Crippen molar-refractivity contribution < 1.29 is 10.2 Å². The van der Waals surface area contributed by atoms with Gasteiger partial charge in [-0.1, -0.05) is 84.4 Å². The molecule has 28 heavy (non-hydrogen) atoms. The summed E-state index contributed by atoms with van der Waals surface area (Å²) in [6, 6.07) is 25.1. The van der Waals surface area contributed by atoms with E-state index in [-0.39, 0.29) is 11.8 Å².